The van der Waals surface area contributed by atoms with Crippen molar-refractivity contribution in [1.29, 1.82) is 0 Å². The number of nitrogens with zero attached hydrogens (tertiary/aromatic N) is 1. The molecule has 2 atom stereocenters. The van der Waals surface area contributed by atoms with E-state index in [0.717, 1.165) is 24.9 Å². The Labute approximate surface area is 100 Å². The summed E-state index contributed by atoms with van der Waals surface area (Å²) < 4.78 is 0. The Morgan fingerprint density at radius 3 is 2.47 bits per heavy atom. The van der Waals surface area contributed by atoms with Crippen LogP contribution < -0.4 is 4.90 Å². The van der Waals surface area contributed by atoms with Crippen LogP contribution in [0.2, 0.25) is 0 Å². The van der Waals surface area contributed by atoms with Crippen LogP contribution in [0.5, 0.6) is 0 Å². The van der Waals surface area contributed by atoms with Crippen LogP contribution in [0.25, 0.3) is 0 Å². The van der Waals surface area contributed by atoms with Gasteiger partial charge in [0, 0.05) is 23.2 Å². The number of piperidine rings is 1. The summed E-state index contributed by atoms with van der Waals surface area (Å²) in [6.45, 7) is 1.55. The first-order valence-corrected chi connectivity index (χ1v) is 6.11. The van der Waals surface area contributed by atoms with E-state index in [-0.39, 0.29) is 17.6 Å². The zero-order valence-electron chi connectivity index (χ0n) is 9.85. The zero-order chi connectivity index (χ0) is 12.0. The number of carbonyl (C=O) groups excluding carboxylic acids is 2. The molecule has 1 saturated heterocycles. The average molecular weight is 229 g/mol. The number of carbonyl (C=O) groups is 2. The number of anilines is 1. The summed E-state index contributed by atoms with van der Waals surface area (Å²) in [5.74, 6) is 0.565. The van der Waals surface area contributed by atoms with Gasteiger partial charge in [0.05, 0.1) is 0 Å². The molecule has 0 N–H and O–H groups in total. The molecule has 1 aromatic carbocycles. The molecule has 2 aliphatic rings. The lowest BCUT2D eigenvalue weighted by Gasteiger charge is -2.27. The van der Waals surface area contributed by atoms with E-state index in [4.69, 9.17) is 0 Å². The molecule has 1 aliphatic heterocycles. The van der Waals surface area contributed by atoms with Gasteiger partial charge in [-0.1, -0.05) is 0 Å². The molecule has 3 heteroatoms. The Morgan fingerprint density at radius 1 is 1.24 bits per heavy atom. The smallest absolute Gasteiger partial charge is 0.230 e. The van der Waals surface area contributed by atoms with Gasteiger partial charge in [0.1, 0.15) is 0 Å². The van der Waals surface area contributed by atoms with Crippen molar-refractivity contribution in [3.63, 3.8) is 0 Å². The van der Waals surface area contributed by atoms with E-state index in [1.165, 1.54) is 0 Å². The number of fused-ring (bicyclic) bond motifs is 2. The number of benzene rings is 1. The normalized spacial score (nSPS) is 26.6. The highest BCUT2D eigenvalue weighted by atomic mass is 16.2. The largest absolute Gasteiger partial charge is 0.309 e. The topological polar surface area (TPSA) is 37.4 Å². The molecule has 2 unspecified atom stereocenters. The number of Topliss-reactive ketones (excluding diaryl/α,β-unsaturated/α-hetero) is 1. The molecule has 3 nitrogen and oxygen atoms in total. The molecule has 1 heterocycles. The lowest BCUT2D eigenvalue weighted by atomic mass is 10.1. The fraction of sp³-hybridized carbons (Fsp3) is 0.429. The van der Waals surface area contributed by atoms with Gasteiger partial charge >= 0.3 is 0 Å². The molecule has 17 heavy (non-hydrogen) atoms. The van der Waals surface area contributed by atoms with Crippen LogP contribution >= 0.6 is 0 Å². The van der Waals surface area contributed by atoms with Crippen LogP contribution in [0.15, 0.2) is 24.3 Å². The third-order valence-electron chi connectivity index (χ3n) is 3.91. The van der Waals surface area contributed by atoms with Crippen molar-refractivity contribution < 1.29 is 9.59 Å². The maximum atomic E-state index is 12.0. The second-order valence-electron chi connectivity index (χ2n) is 4.98. The minimum absolute atomic E-state index is 0.0609. The minimum atomic E-state index is 0.0609. The Kier molecular flexibility index (Phi) is 2.28. The number of amides is 1. The molecule has 3 rings (SSSR count). The highest BCUT2D eigenvalue weighted by Gasteiger charge is 2.45. The summed E-state index contributed by atoms with van der Waals surface area (Å²) in [7, 11) is 0. The first kappa shape index (κ1) is 10.5. The molecule has 88 valence electrons. The van der Waals surface area contributed by atoms with Crippen LogP contribution in [0.4, 0.5) is 5.69 Å². The van der Waals surface area contributed by atoms with Crippen LogP contribution in [0.1, 0.15) is 36.5 Å². The van der Waals surface area contributed by atoms with E-state index in [9.17, 15) is 9.59 Å². The van der Waals surface area contributed by atoms with Gasteiger partial charge in [0.25, 0.3) is 0 Å². The first-order chi connectivity index (χ1) is 8.16. The average Bonchev–Trinajstić information content (AvgIpc) is 2.89. The predicted octanol–water partition coefficient (Wildman–Crippen LogP) is 2.40. The van der Waals surface area contributed by atoms with Gasteiger partial charge in [-0.15, -0.1) is 0 Å². The van der Waals surface area contributed by atoms with Gasteiger partial charge in [-0.2, -0.15) is 0 Å². The Morgan fingerprint density at radius 2 is 1.94 bits per heavy atom. The minimum Gasteiger partial charge on any atom is -0.309 e. The SMILES string of the molecule is CC(=O)c1ccc(N2C(=O)C3CCC2C3)cc1. The van der Waals surface area contributed by atoms with E-state index < -0.39 is 0 Å². The highest BCUT2D eigenvalue weighted by Crippen LogP contribution is 2.41. The molecular weight excluding hydrogens is 214 g/mol. The summed E-state index contributed by atoms with van der Waals surface area (Å²) in [5.41, 5.74) is 1.64. The first-order valence-electron chi connectivity index (χ1n) is 6.11. The predicted molar refractivity (Wildman–Crippen MR) is 65.1 cm³/mol. The molecule has 2 bridgehead atoms. The highest BCUT2D eigenvalue weighted by molar-refractivity contribution is 6.00. The second kappa shape index (κ2) is 3.69. The van der Waals surface area contributed by atoms with Crippen molar-refractivity contribution in [2.24, 2.45) is 5.92 Å². The quantitative estimate of drug-likeness (QED) is 0.730. The third kappa shape index (κ3) is 1.57. The van der Waals surface area contributed by atoms with Crippen molar-refractivity contribution in [2.45, 2.75) is 32.2 Å². The molecule has 1 aliphatic carbocycles. The van der Waals surface area contributed by atoms with E-state index in [0.29, 0.717) is 11.6 Å². The number of rotatable bonds is 2. The summed E-state index contributed by atoms with van der Waals surface area (Å²) in [6, 6.07) is 7.76. The lowest BCUT2D eigenvalue weighted by molar-refractivity contribution is -0.121. The van der Waals surface area contributed by atoms with Gasteiger partial charge in [0.15, 0.2) is 5.78 Å². The van der Waals surface area contributed by atoms with Crippen molar-refractivity contribution in [3.05, 3.63) is 29.8 Å². The maximum Gasteiger partial charge on any atom is 0.230 e. The van der Waals surface area contributed by atoms with E-state index in [1.54, 1.807) is 19.1 Å². The van der Waals surface area contributed by atoms with Crippen LogP contribution in [0.3, 0.4) is 0 Å². The number of hydrogen-bond acceptors (Lipinski definition) is 2. The van der Waals surface area contributed by atoms with E-state index in [1.807, 2.05) is 17.0 Å². The van der Waals surface area contributed by atoms with Crippen LogP contribution in [0, 0.1) is 5.92 Å². The van der Waals surface area contributed by atoms with Gasteiger partial charge in [-0.3, -0.25) is 9.59 Å². The Hall–Kier alpha value is -1.64. The summed E-state index contributed by atoms with van der Waals surface area (Å²) in [6.07, 6.45) is 3.17. The Balaban J connectivity index is 1.90. The number of hydrogen-bond donors (Lipinski definition) is 0. The molecule has 0 spiro atoms. The van der Waals surface area contributed by atoms with Crippen molar-refractivity contribution >= 4 is 17.4 Å². The molecule has 1 saturated carbocycles. The monoisotopic (exact) mass is 229 g/mol. The fourth-order valence-electron chi connectivity index (χ4n) is 2.99. The summed E-state index contributed by atoms with van der Waals surface area (Å²) >= 11 is 0. The second-order valence-corrected chi connectivity index (χ2v) is 4.98. The van der Waals surface area contributed by atoms with E-state index in [2.05, 4.69) is 0 Å². The third-order valence-corrected chi connectivity index (χ3v) is 3.91. The number of ketones is 1. The fourth-order valence-corrected chi connectivity index (χ4v) is 2.99. The van der Waals surface area contributed by atoms with Gasteiger partial charge in [-0.25, -0.2) is 0 Å². The van der Waals surface area contributed by atoms with Gasteiger partial charge in [-0.05, 0) is 50.5 Å². The van der Waals surface area contributed by atoms with Crippen molar-refractivity contribution in [1.82, 2.24) is 0 Å². The van der Waals surface area contributed by atoms with Crippen LogP contribution in [-0.4, -0.2) is 17.7 Å². The standard InChI is InChI=1S/C14H15NO2/c1-9(16)10-2-5-12(6-3-10)15-13-7-4-11(8-13)14(15)17/h2-3,5-6,11,13H,4,7-8H2,1H3. The Bertz CT molecular complexity index is 478. The van der Waals surface area contributed by atoms with Crippen molar-refractivity contribution in [2.75, 3.05) is 4.90 Å². The molecule has 0 radical (unpaired) electrons. The van der Waals surface area contributed by atoms with Gasteiger partial charge < -0.3 is 4.90 Å². The molecule has 1 amide bonds. The van der Waals surface area contributed by atoms with E-state index >= 15 is 0 Å². The lowest BCUT2D eigenvalue weighted by Crippen LogP contribution is -2.36. The molecule has 0 aromatic heterocycles. The van der Waals surface area contributed by atoms with Gasteiger partial charge in [0.2, 0.25) is 5.91 Å². The summed E-state index contributed by atoms with van der Waals surface area (Å²) in [4.78, 5) is 25.1. The molecular formula is C14H15NO2. The van der Waals surface area contributed by atoms with Crippen LogP contribution in [-0.2, 0) is 4.79 Å². The van der Waals surface area contributed by atoms with Crippen molar-refractivity contribution in [3.8, 4) is 0 Å². The zero-order valence-corrected chi connectivity index (χ0v) is 9.85. The molecule has 1 aromatic rings. The summed E-state index contributed by atoms with van der Waals surface area (Å²) in [5, 5.41) is 0. The molecule has 2 fully saturated rings. The maximum absolute atomic E-state index is 12.0.